The Hall–Kier alpha value is -1.36. The number of esters is 1. The number of morpholine rings is 1. The molecule has 0 aromatic carbocycles. The third-order valence-corrected chi connectivity index (χ3v) is 1.89. The zero-order valence-electron chi connectivity index (χ0n) is 8.06. The number of carbonyl (C=O) groups is 2. The Morgan fingerprint density at radius 1 is 1.29 bits per heavy atom. The average Bonchev–Trinajstić information content (AvgIpc) is 2.26. The molecule has 5 heteroatoms. The first-order chi connectivity index (χ1) is 6.74. The van der Waals surface area contributed by atoms with Gasteiger partial charge >= 0.3 is 5.97 Å². The van der Waals surface area contributed by atoms with E-state index in [0.717, 1.165) is 6.08 Å². The molecule has 1 fully saturated rings. The van der Waals surface area contributed by atoms with Gasteiger partial charge in [0.05, 0.1) is 20.3 Å². The number of rotatable bonds is 2. The number of carbonyl (C=O) groups excluding carboxylic acids is 2. The number of nitrogens with zero attached hydrogens (tertiary/aromatic N) is 1. The summed E-state index contributed by atoms with van der Waals surface area (Å²) in [6.07, 6.45) is 2.34. The normalized spacial score (nSPS) is 17.1. The molecule has 0 radical (unpaired) electrons. The van der Waals surface area contributed by atoms with Crippen LogP contribution >= 0.6 is 0 Å². The van der Waals surface area contributed by atoms with Crippen molar-refractivity contribution in [1.82, 2.24) is 4.90 Å². The van der Waals surface area contributed by atoms with Crippen molar-refractivity contribution in [3.8, 4) is 0 Å². The van der Waals surface area contributed by atoms with Crippen molar-refractivity contribution in [3.05, 3.63) is 12.2 Å². The van der Waals surface area contributed by atoms with Gasteiger partial charge in [0.2, 0.25) is 5.91 Å². The zero-order valence-corrected chi connectivity index (χ0v) is 8.06. The maximum atomic E-state index is 11.4. The molecule has 0 unspecified atom stereocenters. The van der Waals surface area contributed by atoms with Crippen LogP contribution in [0.15, 0.2) is 12.2 Å². The van der Waals surface area contributed by atoms with Gasteiger partial charge < -0.3 is 14.4 Å². The summed E-state index contributed by atoms with van der Waals surface area (Å²) in [7, 11) is 1.27. The molecule has 0 saturated carbocycles. The van der Waals surface area contributed by atoms with Crippen LogP contribution < -0.4 is 0 Å². The van der Waals surface area contributed by atoms with Crippen LogP contribution in [0.3, 0.4) is 0 Å². The second-order valence-corrected chi connectivity index (χ2v) is 2.79. The van der Waals surface area contributed by atoms with Crippen LogP contribution in [0.2, 0.25) is 0 Å². The molecule has 1 aliphatic rings. The van der Waals surface area contributed by atoms with E-state index >= 15 is 0 Å². The lowest BCUT2D eigenvalue weighted by molar-refractivity contribution is -0.135. The molecule has 1 aliphatic heterocycles. The highest BCUT2D eigenvalue weighted by Crippen LogP contribution is 1.98. The summed E-state index contributed by atoms with van der Waals surface area (Å²) in [4.78, 5) is 23.7. The summed E-state index contributed by atoms with van der Waals surface area (Å²) in [6, 6.07) is 0. The summed E-state index contributed by atoms with van der Waals surface area (Å²) in [6.45, 7) is 2.25. The van der Waals surface area contributed by atoms with E-state index in [4.69, 9.17) is 4.74 Å². The minimum atomic E-state index is -0.522. The van der Waals surface area contributed by atoms with Crippen molar-refractivity contribution in [2.45, 2.75) is 0 Å². The number of hydrogen-bond donors (Lipinski definition) is 0. The Labute approximate surface area is 82.3 Å². The van der Waals surface area contributed by atoms with Crippen molar-refractivity contribution < 1.29 is 19.1 Å². The Morgan fingerprint density at radius 2 is 1.93 bits per heavy atom. The van der Waals surface area contributed by atoms with Gasteiger partial charge in [0.25, 0.3) is 0 Å². The second kappa shape index (κ2) is 5.39. The monoisotopic (exact) mass is 199 g/mol. The fraction of sp³-hybridized carbons (Fsp3) is 0.556. The van der Waals surface area contributed by atoms with Crippen LogP contribution in [-0.2, 0) is 19.1 Å². The molecular weight excluding hydrogens is 186 g/mol. The molecule has 14 heavy (non-hydrogen) atoms. The number of hydrogen-bond acceptors (Lipinski definition) is 4. The van der Waals surface area contributed by atoms with Gasteiger partial charge in [0.1, 0.15) is 0 Å². The first-order valence-electron chi connectivity index (χ1n) is 4.36. The van der Waals surface area contributed by atoms with Crippen LogP contribution in [0, 0.1) is 0 Å². The molecule has 0 atom stereocenters. The summed E-state index contributed by atoms with van der Waals surface area (Å²) in [5.74, 6) is -0.703. The fourth-order valence-electron chi connectivity index (χ4n) is 1.10. The largest absolute Gasteiger partial charge is 0.466 e. The highest BCUT2D eigenvalue weighted by molar-refractivity contribution is 5.94. The third kappa shape index (κ3) is 3.18. The molecule has 1 heterocycles. The number of ether oxygens (including phenoxy) is 2. The van der Waals surface area contributed by atoms with E-state index in [0.29, 0.717) is 26.3 Å². The maximum absolute atomic E-state index is 11.4. The van der Waals surface area contributed by atoms with Gasteiger partial charge in [-0.1, -0.05) is 0 Å². The summed E-state index contributed by atoms with van der Waals surface area (Å²) >= 11 is 0. The van der Waals surface area contributed by atoms with Gasteiger partial charge in [-0.15, -0.1) is 0 Å². The molecule has 0 aromatic rings. The van der Waals surface area contributed by atoms with Crippen LogP contribution in [-0.4, -0.2) is 50.2 Å². The highest BCUT2D eigenvalue weighted by Gasteiger charge is 2.14. The number of amides is 1. The molecule has 0 spiro atoms. The first-order valence-corrected chi connectivity index (χ1v) is 4.36. The molecule has 1 rings (SSSR count). The van der Waals surface area contributed by atoms with Gasteiger partial charge in [-0.05, 0) is 0 Å². The van der Waals surface area contributed by atoms with E-state index in [1.54, 1.807) is 4.90 Å². The molecular formula is C9H13NO4. The van der Waals surface area contributed by atoms with Gasteiger partial charge in [-0.25, -0.2) is 4.79 Å². The zero-order chi connectivity index (χ0) is 10.4. The van der Waals surface area contributed by atoms with Crippen molar-refractivity contribution in [2.24, 2.45) is 0 Å². The van der Waals surface area contributed by atoms with Crippen LogP contribution in [0.25, 0.3) is 0 Å². The minimum Gasteiger partial charge on any atom is -0.466 e. The Kier molecular flexibility index (Phi) is 4.12. The molecule has 0 aliphatic carbocycles. The fourth-order valence-corrected chi connectivity index (χ4v) is 1.10. The SMILES string of the molecule is COC(=O)/C=C/C(=O)N1CCOCC1. The van der Waals surface area contributed by atoms with E-state index in [9.17, 15) is 9.59 Å². The third-order valence-electron chi connectivity index (χ3n) is 1.89. The molecule has 1 amide bonds. The lowest BCUT2D eigenvalue weighted by atomic mass is 10.3. The van der Waals surface area contributed by atoms with Gasteiger partial charge in [0.15, 0.2) is 0 Å². The van der Waals surface area contributed by atoms with Gasteiger partial charge in [0, 0.05) is 25.2 Å². The Balaban J connectivity index is 2.40. The Bertz CT molecular complexity index is 243. The average molecular weight is 199 g/mol. The molecule has 0 aromatic heterocycles. The molecule has 5 nitrogen and oxygen atoms in total. The highest BCUT2D eigenvalue weighted by atomic mass is 16.5. The molecule has 78 valence electrons. The maximum Gasteiger partial charge on any atom is 0.330 e. The molecule has 0 N–H and O–H groups in total. The smallest absolute Gasteiger partial charge is 0.330 e. The lowest BCUT2D eigenvalue weighted by Gasteiger charge is -2.25. The second-order valence-electron chi connectivity index (χ2n) is 2.79. The van der Waals surface area contributed by atoms with E-state index in [1.807, 2.05) is 0 Å². The first kappa shape index (κ1) is 10.7. The van der Waals surface area contributed by atoms with Gasteiger partial charge in [-0.3, -0.25) is 4.79 Å². The summed E-state index contributed by atoms with van der Waals surface area (Å²) in [5, 5.41) is 0. The molecule has 1 saturated heterocycles. The summed E-state index contributed by atoms with van der Waals surface area (Å²) in [5.41, 5.74) is 0. The lowest BCUT2D eigenvalue weighted by Crippen LogP contribution is -2.39. The molecule has 0 bridgehead atoms. The van der Waals surface area contributed by atoms with Crippen molar-refractivity contribution in [3.63, 3.8) is 0 Å². The van der Waals surface area contributed by atoms with E-state index in [1.165, 1.54) is 13.2 Å². The quantitative estimate of drug-likeness (QED) is 0.447. The van der Waals surface area contributed by atoms with E-state index < -0.39 is 5.97 Å². The van der Waals surface area contributed by atoms with Crippen molar-refractivity contribution in [1.29, 1.82) is 0 Å². The standard InChI is InChI=1S/C9H13NO4/c1-13-9(12)3-2-8(11)10-4-6-14-7-5-10/h2-3H,4-7H2,1H3/b3-2+. The topological polar surface area (TPSA) is 55.8 Å². The Morgan fingerprint density at radius 3 is 2.50 bits per heavy atom. The predicted molar refractivity (Wildman–Crippen MR) is 48.6 cm³/mol. The van der Waals surface area contributed by atoms with E-state index in [2.05, 4.69) is 4.74 Å². The minimum absolute atomic E-state index is 0.182. The van der Waals surface area contributed by atoms with E-state index in [-0.39, 0.29) is 5.91 Å². The number of methoxy groups -OCH3 is 1. The van der Waals surface area contributed by atoms with Crippen LogP contribution in [0.5, 0.6) is 0 Å². The van der Waals surface area contributed by atoms with Gasteiger partial charge in [-0.2, -0.15) is 0 Å². The van der Waals surface area contributed by atoms with Crippen LogP contribution in [0.1, 0.15) is 0 Å². The predicted octanol–water partition coefficient (Wildman–Crippen LogP) is -0.426. The van der Waals surface area contributed by atoms with Crippen molar-refractivity contribution >= 4 is 11.9 Å². The summed E-state index contributed by atoms with van der Waals surface area (Å²) < 4.78 is 9.45. The van der Waals surface area contributed by atoms with Crippen LogP contribution in [0.4, 0.5) is 0 Å². The van der Waals surface area contributed by atoms with Crippen molar-refractivity contribution in [2.75, 3.05) is 33.4 Å².